The maximum Gasteiger partial charge on any atom is 0.251 e. The number of carbonyl (C=O) groups excluding carboxylic acids is 2. The van der Waals surface area contributed by atoms with Crippen molar-refractivity contribution in [3.63, 3.8) is 0 Å². The molecule has 0 radical (unpaired) electrons. The lowest BCUT2D eigenvalue weighted by molar-refractivity contribution is -0.117. The van der Waals surface area contributed by atoms with Crippen molar-refractivity contribution in [2.75, 3.05) is 24.5 Å². The van der Waals surface area contributed by atoms with E-state index in [2.05, 4.69) is 5.32 Å². The van der Waals surface area contributed by atoms with Crippen LogP contribution >= 0.6 is 0 Å². The van der Waals surface area contributed by atoms with Gasteiger partial charge in [0.15, 0.2) is 0 Å². The summed E-state index contributed by atoms with van der Waals surface area (Å²) in [5, 5.41) is 2.86. The van der Waals surface area contributed by atoms with Crippen LogP contribution in [0, 0.1) is 5.92 Å². The van der Waals surface area contributed by atoms with Crippen molar-refractivity contribution in [2.45, 2.75) is 19.8 Å². The van der Waals surface area contributed by atoms with Gasteiger partial charge in [-0.05, 0) is 37.1 Å². The van der Waals surface area contributed by atoms with Crippen LogP contribution in [-0.2, 0) is 4.79 Å². The minimum absolute atomic E-state index is 0.124. The molecule has 2 rings (SSSR count). The van der Waals surface area contributed by atoms with E-state index in [0.717, 1.165) is 18.7 Å². The monoisotopic (exact) mass is 275 g/mol. The Morgan fingerprint density at radius 3 is 2.95 bits per heavy atom. The first-order valence-corrected chi connectivity index (χ1v) is 7.00. The summed E-state index contributed by atoms with van der Waals surface area (Å²) in [7, 11) is 0. The molecule has 0 spiro atoms. The van der Waals surface area contributed by atoms with Gasteiger partial charge in [-0.15, -0.1) is 0 Å². The Balaban J connectivity index is 2.05. The van der Waals surface area contributed by atoms with Crippen LogP contribution in [0.1, 0.15) is 30.1 Å². The lowest BCUT2D eigenvalue weighted by Crippen LogP contribution is -2.31. The normalized spacial score (nSPS) is 16.3. The van der Waals surface area contributed by atoms with Gasteiger partial charge in [0.25, 0.3) is 5.91 Å². The Morgan fingerprint density at radius 1 is 1.50 bits per heavy atom. The van der Waals surface area contributed by atoms with Crippen molar-refractivity contribution < 1.29 is 9.59 Å². The number of amides is 2. The zero-order valence-corrected chi connectivity index (χ0v) is 11.8. The third kappa shape index (κ3) is 3.36. The largest absolute Gasteiger partial charge is 0.352 e. The first-order valence-electron chi connectivity index (χ1n) is 7.00. The number of hydrogen-bond donors (Lipinski definition) is 2. The Hall–Kier alpha value is -1.88. The van der Waals surface area contributed by atoms with Gasteiger partial charge in [-0.1, -0.05) is 13.0 Å². The third-order valence-electron chi connectivity index (χ3n) is 3.51. The zero-order valence-electron chi connectivity index (χ0n) is 11.8. The first-order chi connectivity index (χ1) is 9.61. The fourth-order valence-corrected chi connectivity index (χ4v) is 2.19. The molecule has 1 aromatic carbocycles. The SMILES string of the molecule is CC(CN)CNC(=O)c1cccc(N2CCCC2=O)c1. The number of nitrogens with one attached hydrogen (secondary N) is 1. The third-order valence-corrected chi connectivity index (χ3v) is 3.51. The topological polar surface area (TPSA) is 75.4 Å². The molecule has 0 saturated carbocycles. The molecule has 5 heteroatoms. The van der Waals surface area contributed by atoms with Crippen LogP contribution in [0.5, 0.6) is 0 Å². The van der Waals surface area contributed by atoms with Crippen molar-refractivity contribution in [1.29, 1.82) is 0 Å². The average Bonchev–Trinajstić information content (AvgIpc) is 2.90. The fourth-order valence-electron chi connectivity index (χ4n) is 2.19. The highest BCUT2D eigenvalue weighted by Gasteiger charge is 2.22. The molecule has 3 N–H and O–H groups in total. The molecule has 1 heterocycles. The van der Waals surface area contributed by atoms with E-state index >= 15 is 0 Å². The number of hydrogen-bond acceptors (Lipinski definition) is 3. The van der Waals surface area contributed by atoms with Crippen LogP contribution in [0.25, 0.3) is 0 Å². The highest BCUT2D eigenvalue weighted by molar-refractivity contribution is 5.99. The lowest BCUT2D eigenvalue weighted by Gasteiger charge is -2.16. The Labute approximate surface area is 119 Å². The zero-order chi connectivity index (χ0) is 14.5. The Kier molecular flexibility index (Phi) is 4.74. The maximum atomic E-state index is 12.1. The van der Waals surface area contributed by atoms with Crippen molar-refractivity contribution in [3.8, 4) is 0 Å². The summed E-state index contributed by atoms with van der Waals surface area (Å²) in [6.45, 7) is 3.82. The van der Waals surface area contributed by atoms with Crippen molar-refractivity contribution in [2.24, 2.45) is 11.7 Å². The minimum Gasteiger partial charge on any atom is -0.352 e. The quantitative estimate of drug-likeness (QED) is 0.846. The molecule has 1 aromatic rings. The van der Waals surface area contributed by atoms with Crippen LogP contribution < -0.4 is 16.0 Å². The first kappa shape index (κ1) is 14.5. The molecule has 1 fully saturated rings. The summed E-state index contributed by atoms with van der Waals surface area (Å²) >= 11 is 0. The van der Waals surface area contributed by atoms with E-state index in [0.29, 0.717) is 25.1 Å². The smallest absolute Gasteiger partial charge is 0.251 e. The summed E-state index contributed by atoms with van der Waals surface area (Å²) < 4.78 is 0. The highest BCUT2D eigenvalue weighted by Crippen LogP contribution is 2.22. The number of nitrogens with two attached hydrogens (primary N) is 1. The summed E-state index contributed by atoms with van der Waals surface area (Å²) in [5.41, 5.74) is 6.90. The highest BCUT2D eigenvalue weighted by atomic mass is 16.2. The van der Waals surface area contributed by atoms with Gasteiger partial charge < -0.3 is 16.0 Å². The Bertz CT molecular complexity index is 502. The van der Waals surface area contributed by atoms with E-state index < -0.39 is 0 Å². The lowest BCUT2D eigenvalue weighted by atomic mass is 10.1. The minimum atomic E-state index is -0.126. The number of benzene rings is 1. The number of rotatable bonds is 5. The predicted molar refractivity (Wildman–Crippen MR) is 78.6 cm³/mol. The van der Waals surface area contributed by atoms with Crippen molar-refractivity contribution in [1.82, 2.24) is 5.32 Å². The fraction of sp³-hybridized carbons (Fsp3) is 0.467. The molecule has 5 nitrogen and oxygen atoms in total. The molecule has 1 unspecified atom stereocenters. The molecule has 0 aromatic heterocycles. The summed E-state index contributed by atoms with van der Waals surface area (Å²) in [4.78, 5) is 25.5. The van der Waals surface area contributed by atoms with Gasteiger partial charge in [0.1, 0.15) is 0 Å². The van der Waals surface area contributed by atoms with Crippen LogP contribution in [0.4, 0.5) is 5.69 Å². The van der Waals surface area contributed by atoms with Gasteiger partial charge >= 0.3 is 0 Å². The van der Waals surface area contributed by atoms with Gasteiger partial charge in [0, 0.05) is 30.8 Å². The molecule has 1 atom stereocenters. The van der Waals surface area contributed by atoms with Crippen LogP contribution in [0.3, 0.4) is 0 Å². The summed E-state index contributed by atoms with van der Waals surface area (Å²) in [5.74, 6) is 0.250. The van der Waals surface area contributed by atoms with E-state index in [-0.39, 0.29) is 17.7 Å². The second-order valence-electron chi connectivity index (χ2n) is 5.25. The van der Waals surface area contributed by atoms with Gasteiger partial charge in [0.05, 0.1) is 0 Å². The second kappa shape index (κ2) is 6.52. The van der Waals surface area contributed by atoms with Gasteiger partial charge in [-0.2, -0.15) is 0 Å². The molecule has 0 aliphatic carbocycles. The number of nitrogens with zero attached hydrogens (tertiary/aromatic N) is 1. The summed E-state index contributed by atoms with van der Waals surface area (Å²) in [6.07, 6.45) is 1.47. The molecule has 1 saturated heterocycles. The molecule has 2 amide bonds. The van der Waals surface area contributed by atoms with Crippen molar-refractivity contribution >= 4 is 17.5 Å². The van der Waals surface area contributed by atoms with E-state index in [9.17, 15) is 9.59 Å². The number of anilines is 1. The molecule has 1 aliphatic rings. The van der Waals surface area contributed by atoms with Crippen LogP contribution in [0.15, 0.2) is 24.3 Å². The van der Waals surface area contributed by atoms with Gasteiger partial charge in [-0.25, -0.2) is 0 Å². The van der Waals surface area contributed by atoms with Crippen LogP contribution in [0.2, 0.25) is 0 Å². The molecular formula is C15H21N3O2. The molecular weight excluding hydrogens is 254 g/mol. The predicted octanol–water partition coefficient (Wildman–Crippen LogP) is 1.14. The number of carbonyl (C=O) groups is 2. The van der Waals surface area contributed by atoms with Crippen LogP contribution in [-0.4, -0.2) is 31.4 Å². The van der Waals surface area contributed by atoms with Crippen molar-refractivity contribution in [3.05, 3.63) is 29.8 Å². The Morgan fingerprint density at radius 2 is 2.30 bits per heavy atom. The molecule has 1 aliphatic heterocycles. The van der Waals surface area contributed by atoms with E-state index in [1.54, 1.807) is 17.0 Å². The van der Waals surface area contributed by atoms with E-state index in [1.165, 1.54) is 0 Å². The average molecular weight is 275 g/mol. The molecule has 0 bridgehead atoms. The summed E-state index contributed by atoms with van der Waals surface area (Å²) in [6, 6.07) is 7.20. The molecule has 108 valence electrons. The van der Waals surface area contributed by atoms with E-state index in [4.69, 9.17) is 5.73 Å². The molecule has 20 heavy (non-hydrogen) atoms. The maximum absolute atomic E-state index is 12.1. The van der Waals surface area contributed by atoms with E-state index in [1.807, 2.05) is 19.1 Å². The van der Waals surface area contributed by atoms with Gasteiger partial charge in [0.2, 0.25) is 5.91 Å². The second-order valence-corrected chi connectivity index (χ2v) is 5.25. The van der Waals surface area contributed by atoms with Gasteiger partial charge in [-0.3, -0.25) is 9.59 Å². The standard InChI is InChI=1S/C15H21N3O2/c1-11(9-16)10-17-15(20)12-4-2-5-13(8-12)18-7-3-6-14(18)19/h2,4-5,8,11H,3,6-7,9-10,16H2,1H3,(H,17,20).